The topological polar surface area (TPSA) is 60.2 Å². The first kappa shape index (κ1) is 9.21. The highest BCUT2D eigenvalue weighted by atomic mass is 32.2. The minimum atomic E-state index is -0.550. The molecule has 0 aliphatic rings. The Morgan fingerprint density at radius 1 is 1.75 bits per heavy atom. The Morgan fingerprint density at radius 2 is 2.33 bits per heavy atom. The quantitative estimate of drug-likeness (QED) is 0.347. The van der Waals surface area contributed by atoms with E-state index in [2.05, 4.69) is 12.6 Å². The molecular weight excluding hydrogens is 198 g/mol. The van der Waals surface area contributed by atoms with Crippen molar-refractivity contribution in [1.82, 2.24) is 0 Å². The Labute approximate surface area is 77.8 Å². The van der Waals surface area contributed by atoms with Crippen molar-refractivity contribution in [3.05, 3.63) is 21.1 Å². The van der Waals surface area contributed by atoms with Gasteiger partial charge in [-0.1, -0.05) is 0 Å². The smallest absolute Gasteiger partial charge is 0.294 e. The number of thiophene rings is 1. The van der Waals surface area contributed by atoms with Crippen LogP contribution < -0.4 is 0 Å². The highest BCUT2D eigenvalue weighted by molar-refractivity contribution is 7.83. The van der Waals surface area contributed by atoms with Crippen LogP contribution in [0.1, 0.15) is 16.6 Å². The lowest BCUT2D eigenvalue weighted by Gasteiger charge is -1.82. The van der Waals surface area contributed by atoms with E-state index in [1.807, 2.05) is 0 Å². The van der Waals surface area contributed by atoms with E-state index in [9.17, 15) is 14.9 Å². The SMILES string of the molecule is CC(=O)c1cc([N+](=O)[O-])c(S)s1. The first-order valence-electron chi connectivity index (χ1n) is 3.00. The van der Waals surface area contributed by atoms with Gasteiger partial charge in [0.15, 0.2) is 5.78 Å². The molecule has 1 heterocycles. The van der Waals surface area contributed by atoms with Crippen LogP contribution in [0.15, 0.2) is 10.3 Å². The summed E-state index contributed by atoms with van der Waals surface area (Å²) in [4.78, 5) is 20.9. The predicted molar refractivity (Wildman–Crippen MR) is 48.2 cm³/mol. The highest BCUT2D eigenvalue weighted by Crippen LogP contribution is 2.32. The van der Waals surface area contributed by atoms with Gasteiger partial charge in [0.25, 0.3) is 5.69 Å². The van der Waals surface area contributed by atoms with E-state index in [0.717, 1.165) is 11.3 Å². The molecule has 4 nitrogen and oxygen atoms in total. The molecule has 64 valence electrons. The average Bonchev–Trinajstić information content (AvgIpc) is 2.30. The maximum atomic E-state index is 10.8. The van der Waals surface area contributed by atoms with E-state index in [4.69, 9.17) is 0 Å². The van der Waals surface area contributed by atoms with Gasteiger partial charge in [-0.15, -0.1) is 24.0 Å². The van der Waals surface area contributed by atoms with Crippen LogP contribution in [0, 0.1) is 10.1 Å². The number of nitrogens with zero attached hydrogens (tertiary/aromatic N) is 1. The molecule has 1 rings (SSSR count). The van der Waals surface area contributed by atoms with Crippen molar-refractivity contribution >= 4 is 35.4 Å². The number of rotatable bonds is 2. The molecule has 0 unspecified atom stereocenters. The second-order valence-corrected chi connectivity index (χ2v) is 3.92. The van der Waals surface area contributed by atoms with Gasteiger partial charge in [0.1, 0.15) is 4.21 Å². The van der Waals surface area contributed by atoms with Crippen LogP contribution in [0.4, 0.5) is 5.69 Å². The summed E-state index contributed by atoms with van der Waals surface area (Å²) in [6, 6.07) is 1.25. The lowest BCUT2D eigenvalue weighted by Crippen LogP contribution is -1.87. The normalized spacial score (nSPS) is 9.83. The molecular formula is C6H5NO3S2. The van der Waals surface area contributed by atoms with E-state index in [1.54, 1.807) is 0 Å². The summed E-state index contributed by atoms with van der Waals surface area (Å²) in [5.41, 5.74) is -0.103. The fourth-order valence-electron chi connectivity index (χ4n) is 0.676. The van der Waals surface area contributed by atoms with E-state index in [0.29, 0.717) is 4.88 Å². The first-order chi connectivity index (χ1) is 5.52. The summed E-state index contributed by atoms with van der Waals surface area (Å²) >= 11 is 4.90. The van der Waals surface area contributed by atoms with Crippen molar-refractivity contribution in [3.63, 3.8) is 0 Å². The van der Waals surface area contributed by atoms with Gasteiger partial charge in [0, 0.05) is 6.07 Å². The molecule has 1 aromatic rings. The molecule has 0 saturated carbocycles. The third kappa shape index (κ3) is 1.64. The zero-order valence-corrected chi connectivity index (χ0v) is 7.82. The number of carbonyl (C=O) groups is 1. The lowest BCUT2D eigenvalue weighted by atomic mass is 10.3. The van der Waals surface area contributed by atoms with Gasteiger partial charge < -0.3 is 0 Å². The Kier molecular flexibility index (Phi) is 2.49. The van der Waals surface area contributed by atoms with Crippen LogP contribution >= 0.6 is 24.0 Å². The minimum absolute atomic E-state index is 0.103. The zero-order chi connectivity index (χ0) is 9.30. The summed E-state index contributed by atoms with van der Waals surface area (Å²) in [6.45, 7) is 1.36. The van der Waals surface area contributed by atoms with Crippen LogP contribution in [-0.2, 0) is 0 Å². The molecule has 0 aliphatic heterocycles. The van der Waals surface area contributed by atoms with Crippen molar-refractivity contribution < 1.29 is 9.72 Å². The van der Waals surface area contributed by atoms with E-state index < -0.39 is 4.92 Å². The molecule has 0 atom stereocenters. The molecule has 0 aromatic carbocycles. The molecule has 0 aliphatic carbocycles. The Bertz CT molecular complexity index is 345. The summed E-state index contributed by atoms with van der Waals surface area (Å²) < 4.78 is 0.269. The molecule has 0 fully saturated rings. The number of carbonyl (C=O) groups excluding carboxylic acids is 1. The predicted octanol–water partition coefficient (Wildman–Crippen LogP) is 2.15. The zero-order valence-electron chi connectivity index (χ0n) is 6.10. The van der Waals surface area contributed by atoms with Gasteiger partial charge >= 0.3 is 0 Å². The number of hydrogen-bond donors (Lipinski definition) is 1. The Balaban J connectivity index is 3.17. The van der Waals surface area contributed by atoms with Gasteiger partial charge in [-0.25, -0.2) is 0 Å². The first-order valence-corrected chi connectivity index (χ1v) is 4.27. The lowest BCUT2D eigenvalue weighted by molar-refractivity contribution is -0.387. The van der Waals surface area contributed by atoms with Crippen LogP contribution in [0.5, 0.6) is 0 Å². The maximum absolute atomic E-state index is 10.8. The fraction of sp³-hybridized carbons (Fsp3) is 0.167. The van der Waals surface area contributed by atoms with Crippen LogP contribution in [0.25, 0.3) is 0 Å². The van der Waals surface area contributed by atoms with E-state index >= 15 is 0 Å². The standard InChI is InChI=1S/C6H5NO3S2/c1-3(8)5-2-4(7(9)10)6(11)12-5/h2,11H,1H3. The van der Waals surface area contributed by atoms with Gasteiger partial charge in [0.05, 0.1) is 9.80 Å². The molecule has 0 amide bonds. The summed E-state index contributed by atoms with van der Waals surface area (Å²) in [6.07, 6.45) is 0. The van der Waals surface area contributed by atoms with Gasteiger partial charge in [-0.05, 0) is 6.92 Å². The number of thiol groups is 1. The molecule has 0 bridgehead atoms. The molecule has 12 heavy (non-hydrogen) atoms. The van der Waals surface area contributed by atoms with Crippen molar-refractivity contribution in [1.29, 1.82) is 0 Å². The third-order valence-electron chi connectivity index (χ3n) is 1.24. The fourth-order valence-corrected chi connectivity index (χ4v) is 1.88. The molecule has 1 aromatic heterocycles. The summed E-state index contributed by atoms with van der Waals surface area (Å²) in [5, 5.41) is 10.3. The number of nitro groups is 1. The van der Waals surface area contributed by atoms with Gasteiger partial charge in [-0.3, -0.25) is 14.9 Å². The van der Waals surface area contributed by atoms with E-state index in [1.165, 1.54) is 13.0 Å². The molecule has 0 radical (unpaired) electrons. The largest absolute Gasteiger partial charge is 0.294 e. The molecule has 6 heteroatoms. The number of hydrogen-bond acceptors (Lipinski definition) is 5. The minimum Gasteiger partial charge on any atom is -0.294 e. The highest BCUT2D eigenvalue weighted by Gasteiger charge is 2.17. The maximum Gasteiger partial charge on any atom is 0.294 e. The van der Waals surface area contributed by atoms with Crippen molar-refractivity contribution in [2.24, 2.45) is 0 Å². The summed E-state index contributed by atoms with van der Waals surface area (Å²) in [5.74, 6) is -0.177. The Hall–Kier alpha value is -0.880. The van der Waals surface area contributed by atoms with Crippen LogP contribution in [-0.4, -0.2) is 10.7 Å². The van der Waals surface area contributed by atoms with Crippen molar-refractivity contribution in [3.8, 4) is 0 Å². The second-order valence-electron chi connectivity index (χ2n) is 2.11. The average molecular weight is 203 g/mol. The second kappa shape index (κ2) is 3.24. The van der Waals surface area contributed by atoms with Crippen LogP contribution in [0.3, 0.4) is 0 Å². The third-order valence-corrected chi connectivity index (χ3v) is 2.77. The molecule has 0 saturated heterocycles. The summed E-state index contributed by atoms with van der Waals surface area (Å²) in [7, 11) is 0. The number of Topliss-reactive ketones (excluding diaryl/α,β-unsaturated/α-hetero) is 1. The van der Waals surface area contributed by atoms with E-state index in [-0.39, 0.29) is 15.7 Å². The van der Waals surface area contributed by atoms with Crippen LogP contribution in [0.2, 0.25) is 0 Å². The monoisotopic (exact) mass is 203 g/mol. The molecule has 0 N–H and O–H groups in total. The van der Waals surface area contributed by atoms with Crippen molar-refractivity contribution in [2.45, 2.75) is 11.1 Å². The van der Waals surface area contributed by atoms with Crippen molar-refractivity contribution in [2.75, 3.05) is 0 Å². The van der Waals surface area contributed by atoms with Gasteiger partial charge in [0.2, 0.25) is 0 Å². The van der Waals surface area contributed by atoms with Gasteiger partial charge in [-0.2, -0.15) is 0 Å². The number of ketones is 1. The Morgan fingerprint density at radius 3 is 2.58 bits per heavy atom. The molecule has 0 spiro atoms.